The first-order chi connectivity index (χ1) is 17.8. The van der Waals surface area contributed by atoms with Crippen LogP contribution in [0.2, 0.25) is 0 Å². The number of anilines is 1. The molecule has 0 saturated carbocycles. The Bertz CT molecular complexity index is 1360. The lowest BCUT2D eigenvalue weighted by atomic mass is 9.95. The lowest BCUT2D eigenvalue weighted by molar-refractivity contribution is -0.258. The van der Waals surface area contributed by atoms with Crippen molar-refractivity contribution in [2.75, 3.05) is 30.3 Å². The number of thioether (sulfide) groups is 1. The zero-order chi connectivity index (χ0) is 27.7. The molecule has 1 aliphatic carbocycles. The summed E-state index contributed by atoms with van der Waals surface area (Å²) in [7, 11) is -3.87. The second-order valence-electron chi connectivity index (χ2n) is 9.15. The monoisotopic (exact) mass is 586 g/mol. The number of benzene rings is 2. The van der Waals surface area contributed by atoms with E-state index in [1.54, 1.807) is 30.4 Å². The van der Waals surface area contributed by atoms with Gasteiger partial charge < -0.3 is 10.0 Å². The third-order valence-electron chi connectivity index (χ3n) is 6.61. The molecule has 0 bridgehead atoms. The van der Waals surface area contributed by atoms with E-state index in [9.17, 15) is 31.1 Å². The normalized spacial score (nSPS) is 20.8. The lowest BCUT2D eigenvalue weighted by Gasteiger charge is -2.42. The highest BCUT2D eigenvalue weighted by atomic mass is 32.2. The van der Waals surface area contributed by atoms with Gasteiger partial charge in [0, 0.05) is 47.3 Å². The number of piperazine rings is 1. The highest BCUT2D eigenvalue weighted by Crippen LogP contribution is 2.39. The number of allylic oxidation sites excluding steroid dienone is 4. The maximum absolute atomic E-state index is 14.3. The van der Waals surface area contributed by atoms with Crippen molar-refractivity contribution in [3.8, 4) is 0 Å². The number of thiocarbonyl (C=S) groups is 1. The van der Waals surface area contributed by atoms with Crippen LogP contribution in [0.5, 0.6) is 0 Å². The maximum atomic E-state index is 14.3. The van der Waals surface area contributed by atoms with E-state index in [0.29, 0.717) is 34.5 Å². The molecule has 4 rings (SSSR count). The van der Waals surface area contributed by atoms with Gasteiger partial charge in [0.15, 0.2) is 5.60 Å². The Morgan fingerprint density at radius 2 is 1.79 bits per heavy atom. The van der Waals surface area contributed by atoms with Gasteiger partial charge in [0.2, 0.25) is 10.0 Å². The lowest BCUT2D eigenvalue weighted by Crippen LogP contribution is -2.56. The topological polar surface area (TPSA) is 60.9 Å². The molecule has 1 aliphatic heterocycles. The Labute approximate surface area is 228 Å². The van der Waals surface area contributed by atoms with Gasteiger partial charge in [-0.3, -0.25) is 0 Å². The van der Waals surface area contributed by atoms with Crippen LogP contribution < -0.4 is 4.90 Å². The molecular formula is C26H26F4N2O3S3. The van der Waals surface area contributed by atoms with Crippen LogP contribution in [0.1, 0.15) is 18.9 Å². The van der Waals surface area contributed by atoms with Crippen molar-refractivity contribution in [1.29, 1.82) is 0 Å². The first-order valence-electron chi connectivity index (χ1n) is 11.8. The molecule has 2 aliphatic rings. The maximum Gasteiger partial charge on any atom is 0.421 e. The van der Waals surface area contributed by atoms with Crippen molar-refractivity contribution in [3.63, 3.8) is 0 Å². The highest BCUT2D eigenvalue weighted by molar-refractivity contribution is 7.99. The van der Waals surface area contributed by atoms with Crippen molar-refractivity contribution in [1.82, 2.24) is 4.31 Å². The minimum atomic E-state index is -4.85. The summed E-state index contributed by atoms with van der Waals surface area (Å²) in [6.45, 7) is 1.16. The smallest absolute Gasteiger partial charge is 0.376 e. The fourth-order valence-corrected chi connectivity index (χ4v) is 7.42. The summed E-state index contributed by atoms with van der Waals surface area (Å²) in [5.74, 6) is -0.0779. The number of aliphatic hydroxyl groups is 1. The van der Waals surface area contributed by atoms with Gasteiger partial charge in [-0.05, 0) is 42.8 Å². The van der Waals surface area contributed by atoms with Crippen molar-refractivity contribution in [2.24, 2.45) is 0 Å². The van der Waals surface area contributed by atoms with E-state index in [-0.39, 0.29) is 30.1 Å². The molecule has 38 heavy (non-hydrogen) atoms. The molecule has 0 spiro atoms. The first kappa shape index (κ1) is 28.8. The van der Waals surface area contributed by atoms with Crippen molar-refractivity contribution >= 4 is 44.6 Å². The van der Waals surface area contributed by atoms with Crippen molar-refractivity contribution in [2.45, 2.75) is 36.1 Å². The van der Waals surface area contributed by atoms with Gasteiger partial charge in [0.1, 0.15) is 5.82 Å². The van der Waals surface area contributed by atoms with Crippen LogP contribution in [0, 0.1) is 5.82 Å². The van der Waals surface area contributed by atoms with E-state index in [4.69, 9.17) is 12.2 Å². The summed E-state index contributed by atoms with van der Waals surface area (Å²) in [5, 5.41) is 10.0. The number of rotatable bonds is 7. The van der Waals surface area contributed by atoms with Crippen LogP contribution in [-0.4, -0.2) is 60.3 Å². The molecular weight excluding hydrogens is 560 g/mol. The highest BCUT2D eigenvalue weighted by Gasteiger charge is 2.51. The van der Waals surface area contributed by atoms with Gasteiger partial charge in [-0.1, -0.05) is 48.6 Å². The minimum Gasteiger partial charge on any atom is -0.376 e. The van der Waals surface area contributed by atoms with Gasteiger partial charge in [-0.15, -0.1) is 11.8 Å². The van der Waals surface area contributed by atoms with E-state index in [2.05, 4.69) is 0 Å². The number of sulfonamides is 1. The van der Waals surface area contributed by atoms with Crippen LogP contribution >= 0.6 is 24.0 Å². The molecule has 12 heteroatoms. The van der Waals surface area contributed by atoms with E-state index < -0.39 is 33.7 Å². The molecule has 0 aromatic heterocycles. The molecule has 0 radical (unpaired) electrons. The van der Waals surface area contributed by atoms with Gasteiger partial charge in [0.25, 0.3) is 0 Å². The van der Waals surface area contributed by atoms with Gasteiger partial charge in [-0.25, -0.2) is 12.8 Å². The third kappa shape index (κ3) is 5.84. The zero-order valence-corrected chi connectivity index (χ0v) is 22.8. The number of nitrogens with zero attached hydrogens (tertiary/aromatic N) is 2. The third-order valence-corrected chi connectivity index (χ3v) is 10.3. The standard InChI is InChI=1S/C26H26F4N2O3S3/c1-25(33,26(28,29)30)18-10-12-19(13-11-18)32-15-14-31(38(34,35)24-9-5-3-7-22(24)36)16-20(32)17-37-23-8-4-2-6-21(23)27/h2-6,8-13,20,33H,7,14-17H2,1H3/t20-,25-/m1/s1. The van der Waals surface area contributed by atoms with E-state index >= 15 is 0 Å². The predicted molar refractivity (Wildman–Crippen MR) is 145 cm³/mol. The number of hydrogen-bond acceptors (Lipinski definition) is 6. The Morgan fingerprint density at radius 3 is 2.42 bits per heavy atom. The summed E-state index contributed by atoms with van der Waals surface area (Å²) in [5.41, 5.74) is -2.75. The Balaban J connectivity index is 1.61. The molecule has 2 aromatic carbocycles. The molecule has 0 amide bonds. The fourth-order valence-electron chi connectivity index (χ4n) is 4.31. The predicted octanol–water partition coefficient (Wildman–Crippen LogP) is 5.42. The van der Waals surface area contributed by atoms with Gasteiger partial charge in [-0.2, -0.15) is 17.5 Å². The molecule has 1 N–H and O–H groups in total. The second kappa shape index (κ2) is 11.1. The first-order valence-corrected chi connectivity index (χ1v) is 14.6. The summed E-state index contributed by atoms with van der Waals surface area (Å²) < 4.78 is 82.4. The number of alkyl halides is 3. The second-order valence-corrected chi connectivity index (χ2v) is 12.6. The van der Waals surface area contributed by atoms with Crippen molar-refractivity contribution in [3.05, 3.63) is 83.0 Å². The largest absolute Gasteiger partial charge is 0.421 e. The Morgan fingerprint density at radius 1 is 1.11 bits per heavy atom. The van der Waals surface area contributed by atoms with Crippen molar-refractivity contribution < 1.29 is 31.1 Å². The number of hydrogen-bond donors (Lipinski definition) is 1. The average molecular weight is 587 g/mol. The van der Waals surface area contributed by atoms with Gasteiger partial charge in [0.05, 0.1) is 10.9 Å². The average Bonchev–Trinajstić information content (AvgIpc) is 2.87. The summed E-state index contributed by atoms with van der Waals surface area (Å²) in [6, 6.07) is 11.2. The van der Waals surface area contributed by atoms with E-state index in [1.165, 1.54) is 52.5 Å². The molecule has 0 unspecified atom stereocenters. The SMILES string of the molecule is C[C@@](O)(c1ccc(N2CCN(S(=O)(=O)C3=CC=CCC3=S)C[C@@H]2CSc2ccccc2F)cc1)C(F)(F)F. The summed E-state index contributed by atoms with van der Waals surface area (Å²) >= 11 is 6.52. The molecule has 1 heterocycles. The molecule has 1 saturated heterocycles. The van der Waals surface area contributed by atoms with Crippen LogP contribution in [0.15, 0.2) is 76.6 Å². The Hall–Kier alpha value is -2.25. The van der Waals surface area contributed by atoms with Crippen LogP contribution in [0.25, 0.3) is 0 Å². The zero-order valence-electron chi connectivity index (χ0n) is 20.4. The molecule has 1 fully saturated rings. The fraction of sp³-hybridized carbons (Fsp3) is 0.346. The quantitative estimate of drug-likeness (QED) is 0.266. The van der Waals surface area contributed by atoms with Crippen LogP contribution in [0.3, 0.4) is 0 Å². The summed E-state index contributed by atoms with van der Waals surface area (Å²) in [6.07, 6.45) is 0.439. The van der Waals surface area contributed by atoms with E-state index in [0.717, 1.165) is 0 Å². The van der Waals surface area contributed by atoms with Crippen LogP contribution in [-0.2, 0) is 15.6 Å². The minimum absolute atomic E-state index is 0.0788. The van der Waals surface area contributed by atoms with Gasteiger partial charge >= 0.3 is 6.18 Å². The van der Waals surface area contributed by atoms with Crippen LogP contribution in [0.4, 0.5) is 23.2 Å². The summed E-state index contributed by atoms with van der Waals surface area (Å²) in [4.78, 5) is 2.73. The molecule has 2 atom stereocenters. The molecule has 204 valence electrons. The Kier molecular flexibility index (Phi) is 8.39. The van der Waals surface area contributed by atoms with E-state index in [1.807, 2.05) is 4.90 Å². The molecule has 5 nitrogen and oxygen atoms in total. The number of halogens is 4. The molecule has 2 aromatic rings.